The number of alkyl halides is 9. The van der Waals surface area contributed by atoms with Crippen molar-refractivity contribution in [2.75, 3.05) is 33.8 Å². The number of carboxylic acid groups (broad SMARTS) is 3. The van der Waals surface area contributed by atoms with Crippen LogP contribution in [0.5, 0.6) is 0 Å². The molecule has 0 aromatic carbocycles. The molecule has 0 aliphatic carbocycles. The van der Waals surface area contributed by atoms with Crippen LogP contribution in [0, 0.1) is 0 Å². The molecule has 0 bridgehead atoms. The lowest BCUT2D eigenvalue weighted by Crippen LogP contribution is -2.23. The lowest BCUT2D eigenvalue weighted by atomic mass is 10.2. The number of aliphatic carboxylic acids is 3. The van der Waals surface area contributed by atoms with Crippen LogP contribution in [0.4, 0.5) is 39.5 Å². The van der Waals surface area contributed by atoms with E-state index in [1.165, 1.54) is 11.3 Å². The Hall–Kier alpha value is -4.05. The number of aryl methyl sites for hydroxylation is 1. The number of nitrogens with zero attached hydrogens (tertiary/aromatic N) is 6. The highest BCUT2D eigenvalue weighted by atomic mass is 19.4. The molecule has 0 saturated heterocycles. The van der Waals surface area contributed by atoms with Crippen LogP contribution < -0.4 is 0 Å². The molecule has 13 nitrogen and oxygen atoms in total. The molecule has 0 unspecified atom stereocenters. The number of likely N-dealkylation sites (N-methyl/N-ethyl adjacent to an activating group) is 1. The van der Waals surface area contributed by atoms with Gasteiger partial charge in [-0.1, -0.05) is 11.3 Å². The number of aromatic nitrogens is 4. The third-order valence-corrected chi connectivity index (χ3v) is 4.91. The molecule has 0 fully saturated rings. The summed E-state index contributed by atoms with van der Waals surface area (Å²) in [5.74, 6) is -8.27. The van der Waals surface area contributed by atoms with E-state index in [1.54, 1.807) is 0 Å². The van der Waals surface area contributed by atoms with E-state index in [9.17, 15) is 39.5 Å². The number of pyridine rings is 1. The van der Waals surface area contributed by atoms with Crippen molar-refractivity contribution in [2.45, 2.75) is 51.2 Å². The fourth-order valence-electron chi connectivity index (χ4n) is 2.87. The lowest BCUT2D eigenvalue weighted by Gasteiger charge is -2.19. The monoisotopic (exact) mass is 672 g/mol. The number of halogens is 9. The molecule has 0 spiro atoms. The number of carboxylic acids is 3. The highest BCUT2D eigenvalue weighted by Gasteiger charge is 2.39. The van der Waals surface area contributed by atoms with E-state index >= 15 is 0 Å². The molecule has 0 radical (unpaired) electrons. The van der Waals surface area contributed by atoms with Gasteiger partial charge in [-0.25, -0.2) is 19.1 Å². The van der Waals surface area contributed by atoms with E-state index in [1.807, 2.05) is 37.2 Å². The summed E-state index contributed by atoms with van der Waals surface area (Å²) in [7, 11) is 4.09. The van der Waals surface area contributed by atoms with Gasteiger partial charge in [0.15, 0.2) is 0 Å². The van der Waals surface area contributed by atoms with Gasteiger partial charge < -0.3 is 25.0 Å². The quantitative estimate of drug-likeness (QED) is 0.291. The summed E-state index contributed by atoms with van der Waals surface area (Å²) in [5, 5.41) is 30.0. The van der Waals surface area contributed by atoms with Crippen molar-refractivity contribution >= 4 is 17.9 Å². The third kappa shape index (κ3) is 18.4. The highest BCUT2D eigenvalue weighted by Crippen LogP contribution is 2.18. The first-order valence-corrected chi connectivity index (χ1v) is 12.2. The first-order valence-electron chi connectivity index (χ1n) is 12.2. The lowest BCUT2D eigenvalue weighted by molar-refractivity contribution is -0.193. The molecule has 0 atom stereocenters. The van der Waals surface area contributed by atoms with Crippen LogP contribution in [-0.4, -0.2) is 115 Å². The van der Waals surface area contributed by atoms with Crippen molar-refractivity contribution < 1.29 is 74.0 Å². The second-order valence-corrected chi connectivity index (χ2v) is 8.90. The van der Waals surface area contributed by atoms with E-state index in [-0.39, 0.29) is 0 Å². The van der Waals surface area contributed by atoms with E-state index in [4.69, 9.17) is 34.4 Å². The summed E-state index contributed by atoms with van der Waals surface area (Å²) in [5.41, 5.74) is 3.38. The predicted molar refractivity (Wildman–Crippen MR) is 132 cm³/mol. The molecule has 2 aromatic rings. The van der Waals surface area contributed by atoms with Crippen molar-refractivity contribution in [1.29, 1.82) is 0 Å². The Bertz CT molecular complexity index is 1130. The van der Waals surface area contributed by atoms with Gasteiger partial charge in [0.25, 0.3) is 0 Å². The predicted octanol–water partition coefficient (Wildman–Crippen LogP) is 3.06. The van der Waals surface area contributed by atoms with Crippen LogP contribution in [0.3, 0.4) is 0 Å². The highest BCUT2D eigenvalue weighted by molar-refractivity contribution is 5.73. The molecule has 45 heavy (non-hydrogen) atoms. The van der Waals surface area contributed by atoms with E-state index in [2.05, 4.69) is 31.2 Å². The number of ether oxygens (including phenoxy) is 1. The van der Waals surface area contributed by atoms with Gasteiger partial charge >= 0.3 is 36.4 Å². The molecule has 0 amide bonds. The number of hydrogen-bond donors (Lipinski definition) is 3. The van der Waals surface area contributed by atoms with E-state index in [0.717, 1.165) is 44.8 Å². The Labute approximate surface area is 248 Å². The van der Waals surface area contributed by atoms with Gasteiger partial charge in [-0.2, -0.15) is 39.5 Å². The second-order valence-electron chi connectivity index (χ2n) is 8.90. The smallest absolute Gasteiger partial charge is 0.475 e. The summed E-state index contributed by atoms with van der Waals surface area (Å²) >= 11 is 0. The van der Waals surface area contributed by atoms with Gasteiger partial charge in [0.05, 0.1) is 18.9 Å². The van der Waals surface area contributed by atoms with Crippen molar-refractivity contribution in [2.24, 2.45) is 0 Å². The van der Waals surface area contributed by atoms with Gasteiger partial charge in [0, 0.05) is 45.1 Å². The minimum Gasteiger partial charge on any atom is -0.475 e. The number of rotatable bonds is 7. The molecule has 256 valence electrons. The minimum atomic E-state index is -5.08. The number of fused-ring (bicyclic) bond motifs is 1. The van der Waals surface area contributed by atoms with Gasteiger partial charge in [-0.3, -0.25) is 9.88 Å². The fraction of sp³-hybridized carbons (Fsp3) is 0.565. The maximum Gasteiger partial charge on any atom is 0.490 e. The Morgan fingerprint density at radius 1 is 0.911 bits per heavy atom. The average Bonchev–Trinajstić information content (AvgIpc) is 3.15. The molecular formula is C23H29F9N6O7. The number of carbonyl (C=O) groups is 3. The molecule has 0 saturated carbocycles. The Kier molecular flexibility index (Phi) is 17.0. The summed E-state index contributed by atoms with van der Waals surface area (Å²) in [6, 6.07) is 4.11. The molecule has 22 heteroatoms. The molecule has 1 aliphatic heterocycles. The van der Waals surface area contributed by atoms with Crippen LogP contribution in [0.1, 0.15) is 23.4 Å². The minimum absolute atomic E-state index is 0.532. The molecule has 2 aromatic heterocycles. The average molecular weight is 673 g/mol. The summed E-state index contributed by atoms with van der Waals surface area (Å²) < 4.78 is 103. The summed E-state index contributed by atoms with van der Waals surface area (Å²) in [6.45, 7) is 5.89. The zero-order valence-corrected chi connectivity index (χ0v) is 23.5. The zero-order valence-electron chi connectivity index (χ0n) is 23.5. The van der Waals surface area contributed by atoms with Crippen LogP contribution in [0.25, 0.3) is 0 Å². The Morgan fingerprint density at radius 3 is 1.84 bits per heavy atom. The topological polar surface area (TPSA) is 171 Å². The molecule has 3 heterocycles. The Morgan fingerprint density at radius 2 is 1.42 bits per heavy atom. The Balaban J connectivity index is 0.000000753. The zero-order chi connectivity index (χ0) is 35.0. The standard InChI is InChI=1S/C17H26N6O.3C2HF3O2/c1-21(2)9-10-24-14-16-17-13-22(7-4-8-23(17)20-19-16)12-15-5-3-6-18-11-15;3*3-2(4,5)1(6)7/h3,5-6,11H,4,7-10,12-14H2,1-2H3;3*(H,6,7). The normalized spacial score (nSPS) is 13.5. The van der Waals surface area contributed by atoms with Crippen LogP contribution in [0.2, 0.25) is 0 Å². The number of hydrogen-bond acceptors (Lipinski definition) is 9. The van der Waals surface area contributed by atoms with Crippen molar-refractivity contribution in [3.63, 3.8) is 0 Å². The first-order chi connectivity index (χ1) is 20.6. The fourth-order valence-corrected chi connectivity index (χ4v) is 2.87. The molecule has 3 N–H and O–H groups in total. The van der Waals surface area contributed by atoms with E-state index < -0.39 is 36.4 Å². The first kappa shape index (κ1) is 41.0. The van der Waals surface area contributed by atoms with Crippen LogP contribution in [0.15, 0.2) is 24.5 Å². The van der Waals surface area contributed by atoms with Crippen LogP contribution in [-0.2, 0) is 45.4 Å². The SMILES string of the molecule is CN(C)CCOCc1nnn2c1CN(Cc1cccnc1)CCC2.O=C(O)C(F)(F)F.O=C(O)C(F)(F)F.O=C(O)C(F)(F)F. The van der Waals surface area contributed by atoms with Gasteiger partial charge in [-0.15, -0.1) is 5.10 Å². The second kappa shape index (κ2) is 18.7. The summed E-state index contributed by atoms with van der Waals surface area (Å²) in [4.78, 5) is 35.4. The third-order valence-electron chi connectivity index (χ3n) is 4.91. The van der Waals surface area contributed by atoms with Crippen molar-refractivity contribution in [3.05, 3.63) is 41.5 Å². The van der Waals surface area contributed by atoms with Gasteiger partial charge in [-0.05, 0) is 32.1 Å². The van der Waals surface area contributed by atoms with Crippen molar-refractivity contribution in [3.8, 4) is 0 Å². The molecule has 1 aliphatic rings. The maximum atomic E-state index is 10.6. The molecule has 3 rings (SSSR count). The van der Waals surface area contributed by atoms with Crippen LogP contribution >= 0.6 is 0 Å². The van der Waals surface area contributed by atoms with Gasteiger partial charge in [0.1, 0.15) is 5.69 Å². The maximum absolute atomic E-state index is 10.6. The largest absolute Gasteiger partial charge is 0.490 e. The summed E-state index contributed by atoms with van der Waals surface area (Å²) in [6.07, 6.45) is -10.4. The van der Waals surface area contributed by atoms with E-state index in [0.29, 0.717) is 13.2 Å². The van der Waals surface area contributed by atoms with Crippen molar-refractivity contribution in [1.82, 2.24) is 29.8 Å². The van der Waals surface area contributed by atoms with Gasteiger partial charge in [0.2, 0.25) is 0 Å². The molecular weight excluding hydrogens is 643 g/mol.